The van der Waals surface area contributed by atoms with Gasteiger partial charge in [-0.1, -0.05) is 41.4 Å². The number of fused-ring (bicyclic) bond motifs is 1. The Morgan fingerprint density at radius 3 is 2.76 bits per heavy atom. The maximum atomic E-state index is 5.76. The number of anilines is 1. The second-order valence-electron chi connectivity index (χ2n) is 5.45. The van der Waals surface area contributed by atoms with Crippen LogP contribution in [-0.4, -0.2) is 6.61 Å². The molecule has 0 saturated carbocycles. The van der Waals surface area contributed by atoms with Crippen LogP contribution in [0.5, 0.6) is 5.75 Å². The van der Waals surface area contributed by atoms with Crippen molar-refractivity contribution >= 4 is 21.6 Å². The molecule has 0 radical (unpaired) electrons. The fourth-order valence-electron chi connectivity index (χ4n) is 2.75. The molecule has 0 aliphatic carbocycles. The van der Waals surface area contributed by atoms with Crippen molar-refractivity contribution in [3.05, 3.63) is 57.6 Å². The highest BCUT2D eigenvalue weighted by Gasteiger charge is 2.17. The Morgan fingerprint density at radius 1 is 1.19 bits per heavy atom. The predicted molar refractivity (Wildman–Crippen MR) is 91.1 cm³/mol. The third-order valence-corrected chi connectivity index (χ3v) is 4.26. The molecule has 2 aromatic carbocycles. The highest BCUT2D eigenvalue weighted by atomic mass is 79.9. The van der Waals surface area contributed by atoms with Gasteiger partial charge in [0.15, 0.2) is 0 Å². The molecule has 1 N–H and O–H groups in total. The van der Waals surface area contributed by atoms with E-state index in [0.29, 0.717) is 0 Å². The third-order valence-electron chi connectivity index (χ3n) is 3.80. The molecule has 3 heteroatoms. The van der Waals surface area contributed by atoms with Gasteiger partial charge < -0.3 is 10.1 Å². The Morgan fingerprint density at radius 2 is 2.00 bits per heavy atom. The van der Waals surface area contributed by atoms with E-state index in [9.17, 15) is 0 Å². The summed E-state index contributed by atoms with van der Waals surface area (Å²) in [4.78, 5) is 0. The summed E-state index contributed by atoms with van der Waals surface area (Å²) in [7, 11) is 0. The average molecular weight is 346 g/mol. The van der Waals surface area contributed by atoms with E-state index in [1.807, 2.05) is 0 Å². The van der Waals surface area contributed by atoms with Crippen LogP contribution in [0.3, 0.4) is 0 Å². The first kappa shape index (κ1) is 14.5. The van der Waals surface area contributed by atoms with Gasteiger partial charge in [-0.25, -0.2) is 0 Å². The second kappa shape index (κ2) is 6.52. The van der Waals surface area contributed by atoms with Crippen LogP contribution in [0, 0.1) is 0 Å². The fourth-order valence-corrected chi connectivity index (χ4v) is 3.31. The first-order chi connectivity index (χ1) is 10.3. The van der Waals surface area contributed by atoms with Crippen LogP contribution in [0.1, 0.15) is 30.0 Å². The molecule has 0 spiro atoms. The first-order valence-electron chi connectivity index (χ1n) is 7.53. The molecule has 0 saturated heterocycles. The van der Waals surface area contributed by atoms with Crippen LogP contribution in [0.25, 0.3) is 0 Å². The smallest absolute Gasteiger partial charge is 0.127 e. The van der Waals surface area contributed by atoms with Gasteiger partial charge in [0.1, 0.15) is 5.75 Å². The molecule has 0 unspecified atom stereocenters. The van der Waals surface area contributed by atoms with Gasteiger partial charge in [0.2, 0.25) is 0 Å². The summed E-state index contributed by atoms with van der Waals surface area (Å²) in [6.45, 7) is 3.79. The Labute approximate surface area is 134 Å². The normalized spacial score (nSPS) is 12.9. The second-order valence-corrected chi connectivity index (χ2v) is 6.37. The zero-order chi connectivity index (χ0) is 14.7. The summed E-state index contributed by atoms with van der Waals surface area (Å²) in [6.07, 6.45) is 3.34. The molecule has 0 atom stereocenters. The lowest BCUT2D eigenvalue weighted by molar-refractivity contribution is 0.354. The van der Waals surface area contributed by atoms with E-state index >= 15 is 0 Å². The van der Waals surface area contributed by atoms with Crippen LogP contribution in [-0.2, 0) is 19.4 Å². The predicted octanol–water partition coefficient (Wildman–Crippen LogP) is 4.95. The molecule has 1 aliphatic heterocycles. The zero-order valence-corrected chi connectivity index (χ0v) is 13.9. The number of hydrogen-bond acceptors (Lipinski definition) is 2. The first-order valence-corrected chi connectivity index (χ1v) is 8.32. The maximum Gasteiger partial charge on any atom is 0.127 e. The highest BCUT2D eigenvalue weighted by molar-refractivity contribution is 9.10. The highest BCUT2D eigenvalue weighted by Crippen LogP contribution is 2.33. The molecule has 3 rings (SSSR count). The molecule has 0 amide bonds. The van der Waals surface area contributed by atoms with Gasteiger partial charge in [-0.2, -0.15) is 0 Å². The fraction of sp³-hybridized carbons (Fsp3) is 0.333. The summed E-state index contributed by atoms with van der Waals surface area (Å²) in [5.41, 5.74) is 5.07. The number of aryl methyl sites for hydroxylation is 1. The molecule has 2 nitrogen and oxygen atoms in total. The zero-order valence-electron chi connectivity index (χ0n) is 12.3. The van der Waals surface area contributed by atoms with Crippen molar-refractivity contribution in [3.8, 4) is 5.75 Å². The van der Waals surface area contributed by atoms with Gasteiger partial charge in [0.05, 0.1) is 6.61 Å². The summed E-state index contributed by atoms with van der Waals surface area (Å²) < 4.78 is 6.89. The number of halogens is 1. The van der Waals surface area contributed by atoms with Crippen molar-refractivity contribution in [1.29, 1.82) is 0 Å². The van der Waals surface area contributed by atoms with Gasteiger partial charge >= 0.3 is 0 Å². The monoisotopic (exact) mass is 345 g/mol. The minimum Gasteiger partial charge on any atom is -0.493 e. The maximum absolute atomic E-state index is 5.76. The minimum absolute atomic E-state index is 0.787. The molecular formula is C18H20BrNO. The van der Waals surface area contributed by atoms with Crippen LogP contribution < -0.4 is 10.1 Å². The van der Waals surface area contributed by atoms with Crippen molar-refractivity contribution in [2.24, 2.45) is 0 Å². The lowest BCUT2D eigenvalue weighted by atomic mass is 10.1. The van der Waals surface area contributed by atoms with E-state index in [-0.39, 0.29) is 0 Å². The lowest BCUT2D eigenvalue weighted by Gasteiger charge is -2.11. The van der Waals surface area contributed by atoms with Crippen LogP contribution in [0.4, 0.5) is 5.69 Å². The summed E-state index contributed by atoms with van der Waals surface area (Å²) in [5, 5.41) is 3.49. The topological polar surface area (TPSA) is 21.3 Å². The minimum atomic E-state index is 0.787. The van der Waals surface area contributed by atoms with Gasteiger partial charge in [-0.3, -0.25) is 0 Å². The number of nitrogens with one attached hydrogen (secondary N) is 1. The third kappa shape index (κ3) is 3.41. The van der Waals surface area contributed by atoms with E-state index in [2.05, 4.69) is 64.6 Å². The van der Waals surface area contributed by atoms with E-state index < -0.39 is 0 Å². The number of rotatable bonds is 5. The molecule has 1 aliphatic rings. The number of hydrogen-bond donors (Lipinski definition) is 1. The van der Waals surface area contributed by atoms with Crippen molar-refractivity contribution in [2.45, 2.75) is 32.7 Å². The van der Waals surface area contributed by atoms with Gasteiger partial charge in [0, 0.05) is 28.7 Å². The molecule has 110 valence electrons. The standard InChI is InChI=1S/C18H20BrNO/c1-2-3-13-4-6-17(7-5-13)20-12-15-11-16(19)10-14-8-9-21-18(14)15/h4-7,10-11,20H,2-3,8-9,12H2,1H3. The van der Waals surface area contributed by atoms with Gasteiger partial charge in [-0.05, 0) is 41.8 Å². The quantitative estimate of drug-likeness (QED) is 0.827. The van der Waals surface area contributed by atoms with Crippen molar-refractivity contribution in [3.63, 3.8) is 0 Å². The summed E-state index contributed by atoms with van der Waals surface area (Å²) in [5.74, 6) is 1.06. The Balaban J connectivity index is 1.70. The largest absolute Gasteiger partial charge is 0.493 e. The van der Waals surface area contributed by atoms with E-state index in [1.165, 1.54) is 23.1 Å². The molecular weight excluding hydrogens is 326 g/mol. The Hall–Kier alpha value is -1.48. The van der Waals surface area contributed by atoms with Crippen molar-refractivity contribution < 1.29 is 4.74 Å². The van der Waals surface area contributed by atoms with E-state index in [4.69, 9.17) is 4.74 Å². The van der Waals surface area contributed by atoms with Crippen molar-refractivity contribution in [1.82, 2.24) is 0 Å². The SMILES string of the molecule is CCCc1ccc(NCc2cc(Br)cc3c2OCC3)cc1. The average Bonchev–Trinajstić information content (AvgIpc) is 2.94. The Bertz CT molecular complexity index is 622. The number of ether oxygens (including phenoxy) is 1. The van der Waals surface area contributed by atoms with E-state index in [1.54, 1.807) is 0 Å². The van der Waals surface area contributed by atoms with Crippen molar-refractivity contribution in [2.75, 3.05) is 11.9 Å². The van der Waals surface area contributed by atoms with Crippen LogP contribution >= 0.6 is 15.9 Å². The summed E-state index contributed by atoms with van der Waals surface area (Å²) >= 11 is 3.59. The molecule has 2 aromatic rings. The summed E-state index contributed by atoms with van der Waals surface area (Å²) in [6, 6.07) is 13.0. The van der Waals surface area contributed by atoms with Gasteiger partial charge in [-0.15, -0.1) is 0 Å². The van der Waals surface area contributed by atoms with Gasteiger partial charge in [0.25, 0.3) is 0 Å². The molecule has 0 fully saturated rings. The molecule has 21 heavy (non-hydrogen) atoms. The lowest BCUT2D eigenvalue weighted by Crippen LogP contribution is -2.02. The van der Waals surface area contributed by atoms with Crippen LogP contribution in [0.15, 0.2) is 40.9 Å². The van der Waals surface area contributed by atoms with Crippen LogP contribution in [0.2, 0.25) is 0 Å². The van der Waals surface area contributed by atoms with E-state index in [0.717, 1.165) is 41.9 Å². The Kier molecular flexibility index (Phi) is 4.49. The molecule has 0 bridgehead atoms. The molecule has 0 aromatic heterocycles. The number of benzene rings is 2. The molecule has 1 heterocycles.